The highest BCUT2D eigenvalue weighted by Gasteiger charge is 2.41. The summed E-state index contributed by atoms with van der Waals surface area (Å²) in [6.07, 6.45) is -5.16. The van der Waals surface area contributed by atoms with Crippen molar-refractivity contribution in [2.75, 3.05) is 13.1 Å². The zero-order valence-corrected chi connectivity index (χ0v) is 18.4. The van der Waals surface area contributed by atoms with E-state index in [0.717, 1.165) is 5.56 Å². The first-order chi connectivity index (χ1) is 15.5. The largest absolute Gasteiger partial charge is 0.507 e. The third-order valence-electron chi connectivity index (χ3n) is 5.44. The van der Waals surface area contributed by atoms with Crippen molar-refractivity contribution in [1.82, 2.24) is 4.90 Å². The Labute approximate surface area is 188 Å². The number of aryl methyl sites for hydroxylation is 1. The minimum absolute atomic E-state index is 0.0852. The maximum Gasteiger partial charge on any atom is 0.453 e. The molecule has 33 heavy (non-hydrogen) atoms. The van der Waals surface area contributed by atoms with E-state index in [1.165, 1.54) is 24.3 Å². The second kappa shape index (κ2) is 8.72. The maximum absolute atomic E-state index is 13.9. The van der Waals surface area contributed by atoms with Crippen LogP contribution in [-0.2, 0) is 17.5 Å². The van der Waals surface area contributed by atoms with Gasteiger partial charge in [0.1, 0.15) is 17.1 Å². The number of alkyl halides is 3. The molecule has 4 rings (SSSR count). The first kappa shape index (κ1) is 23.1. The minimum Gasteiger partial charge on any atom is -0.507 e. The summed E-state index contributed by atoms with van der Waals surface area (Å²) in [4.78, 5) is 15.1. The molecule has 1 fully saturated rings. The Balaban J connectivity index is 1.85. The number of fused-ring (bicyclic) bond motifs is 1. The number of hydrogen-bond donors (Lipinski definition) is 1. The number of halogens is 3. The first-order valence-electron chi connectivity index (χ1n) is 10.5. The number of benzene rings is 2. The summed E-state index contributed by atoms with van der Waals surface area (Å²) >= 11 is 0. The van der Waals surface area contributed by atoms with E-state index in [9.17, 15) is 23.1 Å². The Morgan fingerprint density at radius 3 is 2.48 bits per heavy atom. The zero-order valence-electron chi connectivity index (χ0n) is 18.4. The fraction of sp³-hybridized carbons (Fsp3) is 0.375. The topological polar surface area (TPSA) is 72.1 Å². The van der Waals surface area contributed by atoms with E-state index >= 15 is 0 Å². The van der Waals surface area contributed by atoms with Gasteiger partial charge >= 0.3 is 6.18 Å². The molecule has 1 aromatic heterocycles. The van der Waals surface area contributed by atoms with Gasteiger partial charge in [-0.1, -0.05) is 12.1 Å². The first-order valence-corrected chi connectivity index (χ1v) is 10.5. The third kappa shape index (κ3) is 4.84. The average Bonchev–Trinajstić information content (AvgIpc) is 2.70. The van der Waals surface area contributed by atoms with E-state index in [1.807, 2.05) is 18.7 Å². The number of hydrogen-bond acceptors (Lipinski definition) is 6. The highest BCUT2D eigenvalue weighted by atomic mass is 19.4. The predicted molar refractivity (Wildman–Crippen MR) is 116 cm³/mol. The summed E-state index contributed by atoms with van der Waals surface area (Å²) in [7, 11) is 0. The van der Waals surface area contributed by atoms with Gasteiger partial charge < -0.3 is 19.0 Å². The Morgan fingerprint density at radius 1 is 1.15 bits per heavy atom. The zero-order chi connectivity index (χ0) is 23.9. The van der Waals surface area contributed by atoms with Gasteiger partial charge in [0.15, 0.2) is 0 Å². The van der Waals surface area contributed by atoms with Crippen LogP contribution in [0.25, 0.3) is 11.0 Å². The van der Waals surface area contributed by atoms with Gasteiger partial charge in [-0.05, 0) is 50.6 Å². The molecule has 0 saturated carbocycles. The fourth-order valence-corrected chi connectivity index (χ4v) is 4.15. The molecule has 2 aromatic carbocycles. The monoisotopic (exact) mass is 463 g/mol. The van der Waals surface area contributed by atoms with Gasteiger partial charge in [-0.15, -0.1) is 0 Å². The van der Waals surface area contributed by atoms with Gasteiger partial charge in [0, 0.05) is 19.6 Å². The van der Waals surface area contributed by atoms with Crippen LogP contribution in [0.1, 0.15) is 30.7 Å². The summed E-state index contributed by atoms with van der Waals surface area (Å²) in [5, 5.41) is 10.4. The van der Waals surface area contributed by atoms with Crippen LogP contribution in [0.15, 0.2) is 45.6 Å². The SMILES string of the molecule is Cc1cccc(Oc2c(C(F)(F)F)oc3c(CN4CC(C)OC(C)C4)c(O)ccc3c2=O)c1. The molecule has 0 amide bonds. The number of phenolic OH excluding ortho intramolecular Hbond substituents is 1. The molecule has 1 N–H and O–H groups in total. The lowest BCUT2D eigenvalue weighted by Crippen LogP contribution is -2.44. The molecule has 176 valence electrons. The molecule has 9 heteroatoms. The fourth-order valence-electron chi connectivity index (χ4n) is 4.15. The van der Waals surface area contributed by atoms with Crippen molar-refractivity contribution >= 4 is 11.0 Å². The molecule has 1 saturated heterocycles. The molecular weight excluding hydrogens is 439 g/mol. The Hall–Kier alpha value is -3.04. The number of aromatic hydroxyl groups is 1. The summed E-state index contributed by atoms with van der Waals surface area (Å²) in [5.74, 6) is -2.65. The van der Waals surface area contributed by atoms with Crippen LogP contribution in [0.3, 0.4) is 0 Å². The molecule has 0 aliphatic carbocycles. The summed E-state index contributed by atoms with van der Waals surface area (Å²) in [5.41, 5.74) is -0.406. The van der Waals surface area contributed by atoms with Gasteiger partial charge in [0.25, 0.3) is 5.76 Å². The molecule has 0 spiro atoms. The van der Waals surface area contributed by atoms with E-state index in [4.69, 9.17) is 13.9 Å². The van der Waals surface area contributed by atoms with Crippen LogP contribution >= 0.6 is 0 Å². The maximum atomic E-state index is 13.9. The van der Waals surface area contributed by atoms with E-state index in [2.05, 4.69) is 0 Å². The Bertz CT molecular complexity index is 1230. The smallest absolute Gasteiger partial charge is 0.453 e. The molecule has 0 radical (unpaired) electrons. The lowest BCUT2D eigenvalue weighted by atomic mass is 10.1. The van der Waals surface area contributed by atoms with Crippen molar-refractivity contribution in [2.24, 2.45) is 0 Å². The second-order valence-corrected chi connectivity index (χ2v) is 8.40. The standard InChI is InChI=1S/C24H24F3NO5/c1-13-5-4-6-16(9-13)32-22-20(30)17-7-8-19(29)18(21(17)33-23(22)24(25,26)27)12-28-10-14(2)31-15(3)11-28/h4-9,14-15,29H,10-12H2,1-3H3. The minimum atomic E-state index is -4.99. The molecule has 2 atom stereocenters. The van der Waals surface area contributed by atoms with Gasteiger partial charge in [-0.2, -0.15) is 13.2 Å². The lowest BCUT2D eigenvalue weighted by molar-refractivity contribution is -0.154. The average molecular weight is 463 g/mol. The van der Waals surface area contributed by atoms with Crippen molar-refractivity contribution < 1.29 is 32.2 Å². The van der Waals surface area contributed by atoms with E-state index < -0.39 is 23.1 Å². The second-order valence-electron chi connectivity index (χ2n) is 8.40. The van der Waals surface area contributed by atoms with Crippen molar-refractivity contribution in [3.05, 3.63) is 63.5 Å². The van der Waals surface area contributed by atoms with Gasteiger partial charge in [0.05, 0.1) is 23.2 Å². The van der Waals surface area contributed by atoms with Crippen LogP contribution in [0.2, 0.25) is 0 Å². The van der Waals surface area contributed by atoms with Crippen molar-refractivity contribution in [2.45, 2.75) is 45.7 Å². The number of ether oxygens (including phenoxy) is 2. The molecule has 2 heterocycles. The number of nitrogens with zero attached hydrogens (tertiary/aromatic N) is 1. The normalized spacial score (nSPS) is 19.7. The van der Waals surface area contributed by atoms with Crippen LogP contribution < -0.4 is 10.2 Å². The van der Waals surface area contributed by atoms with E-state index in [0.29, 0.717) is 13.1 Å². The van der Waals surface area contributed by atoms with Crippen LogP contribution in [-0.4, -0.2) is 35.3 Å². The van der Waals surface area contributed by atoms with Gasteiger partial charge in [-0.3, -0.25) is 9.69 Å². The third-order valence-corrected chi connectivity index (χ3v) is 5.44. The molecule has 2 unspecified atom stereocenters. The van der Waals surface area contributed by atoms with Crippen LogP contribution in [0, 0.1) is 6.92 Å². The number of rotatable bonds is 4. The highest BCUT2D eigenvalue weighted by Crippen LogP contribution is 2.40. The van der Waals surface area contributed by atoms with Gasteiger partial charge in [-0.25, -0.2) is 0 Å². The van der Waals surface area contributed by atoms with Gasteiger partial charge in [0.2, 0.25) is 11.2 Å². The molecule has 6 nitrogen and oxygen atoms in total. The molecule has 1 aliphatic rings. The highest BCUT2D eigenvalue weighted by molar-refractivity contribution is 5.83. The molecule has 0 bridgehead atoms. The van der Waals surface area contributed by atoms with E-state index in [-0.39, 0.29) is 46.8 Å². The summed E-state index contributed by atoms with van der Waals surface area (Å²) < 4.78 is 58.1. The van der Waals surface area contributed by atoms with Crippen molar-refractivity contribution in [3.63, 3.8) is 0 Å². The Kier molecular flexibility index (Phi) is 6.11. The lowest BCUT2D eigenvalue weighted by Gasteiger charge is -2.35. The predicted octanol–water partition coefficient (Wildman–Crippen LogP) is 5.23. The molecule has 3 aromatic rings. The van der Waals surface area contributed by atoms with Crippen molar-refractivity contribution in [3.8, 4) is 17.2 Å². The van der Waals surface area contributed by atoms with Crippen LogP contribution in [0.5, 0.6) is 17.2 Å². The quantitative estimate of drug-likeness (QED) is 0.572. The van der Waals surface area contributed by atoms with E-state index in [1.54, 1.807) is 19.1 Å². The molecule has 1 aliphatic heterocycles. The van der Waals surface area contributed by atoms with Crippen LogP contribution in [0.4, 0.5) is 13.2 Å². The summed E-state index contributed by atoms with van der Waals surface area (Å²) in [6.45, 7) is 6.67. The molecular formula is C24H24F3NO5. The number of phenols is 1. The summed E-state index contributed by atoms with van der Waals surface area (Å²) in [6, 6.07) is 8.87. The number of morpholine rings is 1. The Morgan fingerprint density at radius 2 is 1.85 bits per heavy atom. The van der Waals surface area contributed by atoms with Crippen molar-refractivity contribution in [1.29, 1.82) is 0 Å².